The first-order valence-corrected chi connectivity index (χ1v) is 10.5. The maximum atomic E-state index is 13.4. The van der Waals surface area contributed by atoms with E-state index in [-0.39, 0.29) is 17.5 Å². The van der Waals surface area contributed by atoms with Gasteiger partial charge in [0.05, 0.1) is 25.6 Å². The third-order valence-electron chi connectivity index (χ3n) is 5.71. The number of halogens is 1. The molecule has 1 N–H and O–H groups in total. The fourth-order valence-corrected chi connectivity index (χ4v) is 3.96. The highest BCUT2D eigenvalue weighted by Gasteiger charge is 2.25. The summed E-state index contributed by atoms with van der Waals surface area (Å²) >= 11 is 0. The number of anilines is 1. The van der Waals surface area contributed by atoms with Gasteiger partial charge in [-0.3, -0.25) is 9.69 Å². The molecule has 0 bridgehead atoms. The molecule has 1 saturated heterocycles. The van der Waals surface area contributed by atoms with Gasteiger partial charge in [-0.2, -0.15) is 0 Å². The van der Waals surface area contributed by atoms with Crippen molar-refractivity contribution in [1.29, 1.82) is 0 Å². The molecular weight excluding hydrogens is 413 g/mol. The molecule has 0 atom stereocenters. The Bertz CT molecular complexity index is 1080. The van der Waals surface area contributed by atoms with Crippen LogP contribution < -0.4 is 14.8 Å². The molecule has 3 aromatic rings. The van der Waals surface area contributed by atoms with E-state index in [1.165, 1.54) is 13.2 Å². The number of piperidine rings is 1. The first kappa shape index (κ1) is 21.8. The zero-order valence-electron chi connectivity index (χ0n) is 18.1. The second-order valence-electron chi connectivity index (χ2n) is 7.82. The number of hydrogen-bond acceptors (Lipinski definition) is 6. The Hall–Kier alpha value is -3.39. The molecule has 32 heavy (non-hydrogen) atoms. The van der Waals surface area contributed by atoms with Crippen LogP contribution in [-0.2, 0) is 6.54 Å². The summed E-state index contributed by atoms with van der Waals surface area (Å²) in [7, 11) is 3.09. The molecule has 1 aromatic heterocycles. The van der Waals surface area contributed by atoms with Crippen LogP contribution >= 0.6 is 0 Å². The molecule has 1 fully saturated rings. The number of methoxy groups -OCH3 is 2. The normalized spacial score (nSPS) is 14.8. The summed E-state index contributed by atoms with van der Waals surface area (Å²) < 4.78 is 29.2. The van der Waals surface area contributed by atoms with Gasteiger partial charge in [0.2, 0.25) is 5.76 Å². The van der Waals surface area contributed by atoms with Crippen molar-refractivity contribution >= 4 is 11.6 Å². The molecule has 1 aliphatic heterocycles. The highest BCUT2D eigenvalue weighted by atomic mass is 19.1. The van der Waals surface area contributed by atoms with Crippen molar-refractivity contribution in [2.45, 2.75) is 25.3 Å². The second-order valence-corrected chi connectivity index (χ2v) is 7.82. The lowest BCUT2D eigenvalue weighted by Gasteiger charge is -2.31. The second kappa shape index (κ2) is 9.82. The van der Waals surface area contributed by atoms with Crippen molar-refractivity contribution in [2.75, 3.05) is 32.6 Å². The van der Waals surface area contributed by atoms with Crippen molar-refractivity contribution in [1.82, 2.24) is 10.1 Å². The Kier molecular flexibility index (Phi) is 6.70. The molecule has 0 radical (unpaired) electrons. The highest BCUT2D eigenvalue weighted by Crippen LogP contribution is 2.31. The Labute approximate surface area is 186 Å². The maximum absolute atomic E-state index is 13.4. The van der Waals surface area contributed by atoms with E-state index in [1.54, 1.807) is 43.5 Å². The summed E-state index contributed by atoms with van der Waals surface area (Å²) in [5, 5.41) is 6.93. The first-order chi connectivity index (χ1) is 15.6. The van der Waals surface area contributed by atoms with E-state index in [0.717, 1.165) is 43.7 Å². The van der Waals surface area contributed by atoms with Gasteiger partial charge in [0.1, 0.15) is 17.3 Å². The minimum Gasteiger partial charge on any atom is -0.497 e. The van der Waals surface area contributed by atoms with Crippen LogP contribution in [0.2, 0.25) is 0 Å². The first-order valence-electron chi connectivity index (χ1n) is 10.5. The van der Waals surface area contributed by atoms with E-state index >= 15 is 0 Å². The highest BCUT2D eigenvalue weighted by molar-refractivity contribution is 6.03. The van der Waals surface area contributed by atoms with Gasteiger partial charge in [-0.1, -0.05) is 17.3 Å². The number of nitrogens with one attached hydrogen (secondary N) is 1. The van der Waals surface area contributed by atoms with E-state index in [9.17, 15) is 9.18 Å². The standard InChI is InChI=1S/C24H26FN3O4/c1-30-19-6-7-22(31-2)21(13-19)26-24(29)23-14-20(27-32-23)17-8-10-28(11-9-17)15-16-4-3-5-18(25)12-16/h3-7,12-14,17H,8-11,15H2,1-2H3,(H,26,29). The van der Waals surface area contributed by atoms with Crippen LogP contribution in [-0.4, -0.2) is 43.3 Å². The van der Waals surface area contributed by atoms with Gasteiger partial charge in [-0.15, -0.1) is 0 Å². The Morgan fingerprint density at radius 1 is 1.16 bits per heavy atom. The molecular formula is C24H26FN3O4. The number of hydrogen-bond donors (Lipinski definition) is 1. The number of carbonyl (C=O) groups is 1. The number of likely N-dealkylation sites (tertiary alicyclic amines) is 1. The average molecular weight is 439 g/mol. The molecule has 2 heterocycles. The monoisotopic (exact) mass is 439 g/mol. The third kappa shape index (κ3) is 5.08. The van der Waals surface area contributed by atoms with Crippen LogP contribution in [0.5, 0.6) is 11.5 Å². The van der Waals surface area contributed by atoms with Crippen LogP contribution in [0.25, 0.3) is 0 Å². The molecule has 0 saturated carbocycles. The summed E-state index contributed by atoms with van der Waals surface area (Å²) in [5.41, 5.74) is 2.23. The minimum absolute atomic E-state index is 0.145. The number of aromatic nitrogens is 1. The molecule has 1 amide bonds. The number of ether oxygens (including phenoxy) is 2. The van der Waals surface area contributed by atoms with E-state index in [4.69, 9.17) is 14.0 Å². The summed E-state index contributed by atoms with van der Waals surface area (Å²) in [6.45, 7) is 2.46. The van der Waals surface area contributed by atoms with E-state index in [1.807, 2.05) is 6.07 Å². The predicted molar refractivity (Wildman–Crippen MR) is 118 cm³/mol. The summed E-state index contributed by atoms with van der Waals surface area (Å²) in [5.74, 6) is 0.868. The smallest absolute Gasteiger partial charge is 0.294 e. The molecule has 168 valence electrons. The van der Waals surface area contributed by atoms with Crippen LogP contribution in [0.3, 0.4) is 0 Å². The third-order valence-corrected chi connectivity index (χ3v) is 5.71. The largest absolute Gasteiger partial charge is 0.497 e. The van der Waals surface area contributed by atoms with Gasteiger partial charge >= 0.3 is 0 Å². The van der Waals surface area contributed by atoms with Gasteiger partial charge < -0.3 is 19.3 Å². The summed E-state index contributed by atoms with van der Waals surface area (Å²) in [4.78, 5) is 15.0. The molecule has 2 aromatic carbocycles. The van der Waals surface area contributed by atoms with Crippen molar-refractivity contribution in [2.24, 2.45) is 0 Å². The van der Waals surface area contributed by atoms with Crippen LogP contribution in [0.4, 0.5) is 10.1 Å². The van der Waals surface area contributed by atoms with E-state index in [2.05, 4.69) is 15.4 Å². The van der Waals surface area contributed by atoms with E-state index < -0.39 is 5.91 Å². The number of rotatable bonds is 7. The zero-order valence-corrected chi connectivity index (χ0v) is 18.1. The molecule has 8 heteroatoms. The maximum Gasteiger partial charge on any atom is 0.294 e. The number of nitrogens with zero attached hydrogens (tertiary/aromatic N) is 2. The lowest BCUT2D eigenvalue weighted by molar-refractivity contribution is 0.0987. The van der Waals surface area contributed by atoms with Gasteiger partial charge in [-0.05, 0) is 55.8 Å². The molecule has 4 rings (SSSR count). The summed E-state index contributed by atoms with van der Waals surface area (Å²) in [6, 6.07) is 13.6. The lowest BCUT2D eigenvalue weighted by Crippen LogP contribution is -2.32. The van der Waals surface area contributed by atoms with Gasteiger partial charge in [0.25, 0.3) is 5.91 Å². The molecule has 0 unspecified atom stereocenters. The SMILES string of the molecule is COc1ccc(OC)c(NC(=O)c2cc(C3CCN(Cc4cccc(F)c4)CC3)no2)c1. The van der Waals surface area contributed by atoms with Crippen molar-refractivity contribution in [3.05, 3.63) is 71.4 Å². The molecule has 1 aliphatic rings. The lowest BCUT2D eigenvalue weighted by atomic mass is 9.93. The van der Waals surface area contributed by atoms with Crippen LogP contribution in [0, 0.1) is 5.82 Å². The van der Waals surface area contributed by atoms with Crippen LogP contribution in [0.15, 0.2) is 53.1 Å². The van der Waals surface area contributed by atoms with Gasteiger partial charge in [0.15, 0.2) is 0 Å². The number of benzene rings is 2. The van der Waals surface area contributed by atoms with Gasteiger partial charge in [-0.25, -0.2) is 4.39 Å². The molecule has 0 aliphatic carbocycles. The summed E-state index contributed by atoms with van der Waals surface area (Å²) in [6.07, 6.45) is 1.79. The Morgan fingerprint density at radius 3 is 2.69 bits per heavy atom. The number of amides is 1. The quantitative estimate of drug-likeness (QED) is 0.586. The van der Waals surface area contributed by atoms with Crippen molar-refractivity contribution in [3.63, 3.8) is 0 Å². The molecule has 0 spiro atoms. The van der Waals surface area contributed by atoms with E-state index in [0.29, 0.717) is 17.2 Å². The predicted octanol–water partition coefficient (Wildman–Crippen LogP) is 4.46. The average Bonchev–Trinajstić information content (AvgIpc) is 3.30. The zero-order chi connectivity index (χ0) is 22.5. The Morgan fingerprint density at radius 2 is 1.97 bits per heavy atom. The number of carbonyl (C=O) groups excluding carboxylic acids is 1. The Balaban J connectivity index is 1.35. The topological polar surface area (TPSA) is 76.8 Å². The van der Waals surface area contributed by atoms with Crippen molar-refractivity contribution < 1.29 is 23.2 Å². The van der Waals surface area contributed by atoms with Gasteiger partial charge in [0, 0.05) is 24.6 Å². The fraction of sp³-hybridized carbons (Fsp3) is 0.333. The minimum atomic E-state index is -0.404. The van der Waals surface area contributed by atoms with Crippen LogP contribution in [0.1, 0.15) is 40.6 Å². The fourth-order valence-electron chi connectivity index (χ4n) is 3.96. The molecule has 7 nitrogen and oxygen atoms in total. The van der Waals surface area contributed by atoms with Crippen molar-refractivity contribution in [3.8, 4) is 11.5 Å².